The van der Waals surface area contributed by atoms with E-state index in [1.807, 2.05) is 20.8 Å². The average molecular weight is 405 g/mol. The van der Waals surface area contributed by atoms with Crippen molar-refractivity contribution in [3.05, 3.63) is 0 Å². The predicted octanol–water partition coefficient (Wildman–Crippen LogP) is 2.35. The Balaban J connectivity index is 5.35. The van der Waals surface area contributed by atoms with Crippen LogP contribution in [-0.4, -0.2) is 52.8 Å². The van der Waals surface area contributed by atoms with Gasteiger partial charge in [-0.25, -0.2) is 25.3 Å². The van der Waals surface area contributed by atoms with Crippen LogP contribution in [0.25, 0.3) is 0 Å². The highest BCUT2D eigenvalue weighted by molar-refractivity contribution is 8.09. The second-order valence-electron chi connectivity index (χ2n) is 6.16. The molecular weight excluding hydrogens is 372 g/mol. The summed E-state index contributed by atoms with van der Waals surface area (Å²) in [5.74, 6) is -0.850. The van der Waals surface area contributed by atoms with Crippen molar-refractivity contribution in [2.75, 3.05) is 23.0 Å². The molecule has 0 aliphatic carbocycles. The van der Waals surface area contributed by atoms with Gasteiger partial charge in [0.05, 0.1) is 23.0 Å². The van der Waals surface area contributed by atoms with Crippen LogP contribution in [0.2, 0.25) is 0 Å². The maximum Gasteiger partial charge on any atom is 0.167 e. The van der Waals surface area contributed by atoms with Crippen molar-refractivity contribution in [1.82, 2.24) is 0 Å². The minimum absolute atomic E-state index is 0.0275. The zero-order valence-corrected chi connectivity index (χ0v) is 17.5. The largest absolute Gasteiger partial charge is 0.229 e. The van der Waals surface area contributed by atoms with Crippen LogP contribution in [0.3, 0.4) is 0 Å². The van der Waals surface area contributed by atoms with Crippen molar-refractivity contribution < 1.29 is 25.3 Å². The second kappa shape index (κ2) is 10.8. The SMILES string of the molecule is CCCCS(=O)(=O)CCC(S(=O)(=O)CCCC)S(=O)(=O)CCCC. The lowest BCUT2D eigenvalue weighted by atomic mass is 10.4. The average Bonchev–Trinajstić information content (AvgIpc) is 2.48. The van der Waals surface area contributed by atoms with E-state index in [9.17, 15) is 25.3 Å². The molecule has 0 aromatic rings. The molecule has 6 nitrogen and oxygen atoms in total. The summed E-state index contributed by atoms with van der Waals surface area (Å²) in [5, 5.41) is 0. The van der Waals surface area contributed by atoms with E-state index in [1.54, 1.807) is 0 Å². The minimum Gasteiger partial charge on any atom is -0.229 e. The van der Waals surface area contributed by atoms with Crippen LogP contribution >= 0.6 is 0 Å². The van der Waals surface area contributed by atoms with Gasteiger partial charge in [-0.3, -0.25) is 0 Å². The van der Waals surface area contributed by atoms with Crippen molar-refractivity contribution in [2.45, 2.75) is 70.3 Å². The Morgan fingerprint density at radius 3 is 1.33 bits per heavy atom. The van der Waals surface area contributed by atoms with E-state index in [0.29, 0.717) is 38.5 Å². The lowest BCUT2D eigenvalue weighted by Crippen LogP contribution is -2.36. The molecular formula is C15H32O6S3. The van der Waals surface area contributed by atoms with Crippen LogP contribution in [-0.2, 0) is 29.5 Å². The second-order valence-corrected chi connectivity index (χ2v) is 13.4. The first-order valence-electron chi connectivity index (χ1n) is 8.66. The molecule has 0 saturated heterocycles. The van der Waals surface area contributed by atoms with Gasteiger partial charge in [-0.05, 0) is 25.7 Å². The van der Waals surface area contributed by atoms with E-state index in [1.165, 1.54) is 0 Å². The van der Waals surface area contributed by atoms with Gasteiger partial charge in [0.15, 0.2) is 24.3 Å². The standard InChI is InChI=1S/C15H32O6S3/c1-4-7-11-22(16,17)14-10-15(23(18,19)12-8-5-2)24(20,21)13-9-6-3/h15H,4-14H2,1-3H3. The molecule has 0 N–H and O–H groups in total. The Bertz CT molecular complexity index is 609. The summed E-state index contributed by atoms with van der Waals surface area (Å²) < 4.78 is 72.2. The van der Waals surface area contributed by atoms with Gasteiger partial charge in [-0.1, -0.05) is 40.0 Å². The maximum absolute atomic E-state index is 12.5. The molecule has 0 aromatic carbocycles. The fourth-order valence-corrected chi connectivity index (χ4v) is 9.33. The van der Waals surface area contributed by atoms with Crippen LogP contribution < -0.4 is 0 Å². The molecule has 0 aliphatic heterocycles. The number of sulfone groups is 3. The van der Waals surface area contributed by atoms with Crippen LogP contribution in [0.5, 0.6) is 0 Å². The highest BCUT2D eigenvalue weighted by atomic mass is 32.3. The van der Waals surface area contributed by atoms with E-state index in [2.05, 4.69) is 0 Å². The first-order chi connectivity index (χ1) is 11.0. The van der Waals surface area contributed by atoms with Gasteiger partial charge >= 0.3 is 0 Å². The molecule has 0 bridgehead atoms. The molecule has 0 rings (SSSR count). The third-order valence-electron chi connectivity index (χ3n) is 3.84. The lowest BCUT2D eigenvalue weighted by Gasteiger charge is -2.18. The third kappa shape index (κ3) is 8.80. The molecule has 0 fully saturated rings. The molecule has 24 heavy (non-hydrogen) atoms. The molecule has 0 spiro atoms. The smallest absolute Gasteiger partial charge is 0.167 e. The fourth-order valence-electron chi connectivity index (χ4n) is 2.28. The lowest BCUT2D eigenvalue weighted by molar-refractivity contribution is 0.566. The Hall–Kier alpha value is -0.150. The summed E-state index contributed by atoms with van der Waals surface area (Å²) in [5.41, 5.74) is 0. The van der Waals surface area contributed by atoms with Crippen molar-refractivity contribution in [3.8, 4) is 0 Å². The topological polar surface area (TPSA) is 102 Å². The first-order valence-corrected chi connectivity index (χ1v) is 13.9. The Labute approximate surface area is 148 Å². The molecule has 9 heteroatoms. The summed E-state index contributed by atoms with van der Waals surface area (Å²) in [6.07, 6.45) is 2.88. The summed E-state index contributed by atoms with van der Waals surface area (Å²) >= 11 is 0. The van der Waals surface area contributed by atoms with E-state index >= 15 is 0 Å². The fraction of sp³-hybridized carbons (Fsp3) is 1.00. The third-order valence-corrected chi connectivity index (χ3v) is 11.2. The van der Waals surface area contributed by atoms with Gasteiger partial charge in [0.1, 0.15) is 9.84 Å². The Morgan fingerprint density at radius 2 is 0.958 bits per heavy atom. The van der Waals surface area contributed by atoms with Crippen LogP contribution in [0.15, 0.2) is 0 Å². The van der Waals surface area contributed by atoms with Crippen molar-refractivity contribution >= 4 is 29.5 Å². The molecule has 0 saturated carbocycles. The number of hydrogen-bond donors (Lipinski definition) is 0. The van der Waals surface area contributed by atoms with E-state index in [4.69, 9.17) is 0 Å². The van der Waals surface area contributed by atoms with Crippen LogP contribution in [0.4, 0.5) is 0 Å². The zero-order valence-electron chi connectivity index (χ0n) is 15.0. The molecule has 0 atom stereocenters. The monoisotopic (exact) mass is 404 g/mol. The van der Waals surface area contributed by atoms with E-state index < -0.39 is 39.8 Å². The predicted molar refractivity (Wildman–Crippen MR) is 99.4 cm³/mol. The number of rotatable bonds is 14. The van der Waals surface area contributed by atoms with Gasteiger partial charge in [0.2, 0.25) is 0 Å². The van der Waals surface area contributed by atoms with Crippen LogP contribution in [0, 0.1) is 0 Å². The number of hydrogen-bond acceptors (Lipinski definition) is 6. The van der Waals surface area contributed by atoms with Gasteiger partial charge in [-0.15, -0.1) is 0 Å². The first kappa shape index (κ1) is 23.9. The molecule has 146 valence electrons. The Morgan fingerprint density at radius 1 is 0.583 bits per heavy atom. The van der Waals surface area contributed by atoms with Crippen molar-refractivity contribution in [2.24, 2.45) is 0 Å². The van der Waals surface area contributed by atoms with E-state index in [0.717, 1.165) is 0 Å². The Kier molecular flexibility index (Phi) is 10.7. The maximum atomic E-state index is 12.5. The quantitative estimate of drug-likeness (QED) is 0.440. The summed E-state index contributed by atoms with van der Waals surface area (Å²) in [7, 11) is -11.2. The molecule has 0 unspecified atom stereocenters. The summed E-state index contributed by atoms with van der Waals surface area (Å²) in [4.78, 5) is 0. The minimum atomic E-state index is -3.87. The van der Waals surface area contributed by atoms with Crippen molar-refractivity contribution in [3.63, 3.8) is 0 Å². The molecule has 0 amide bonds. The highest BCUT2D eigenvalue weighted by Gasteiger charge is 2.37. The van der Waals surface area contributed by atoms with Gasteiger partial charge in [-0.2, -0.15) is 0 Å². The normalized spacial score (nSPS) is 13.5. The number of unbranched alkanes of at least 4 members (excludes halogenated alkanes) is 3. The molecule has 0 aromatic heterocycles. The van der Waals surface area contributed by atoms with Gasteiger partial charge in [0, 0.05) is 0 Å². The molecule has 0 radical (unpaired) electrons. The van der Waals surface area contributed by atoms with Gasteiger partial charge in [0.25, 0.3) is 0 Å². The molecule has 0 aliphatic rings. The molecule has 0 heterocycles. The van der Waals surface area contributed by atoms with Gasteiger partial charge < -0.3 is 0 Å². The van der Waals surface area contributed by atoms with Crippen molar-refractivity contribution in [1.29, 1.82) is 0 Å². The summed E-state index contributed by atoms with van der Waals surface area (Å²) in [6, 6.07) is 0. The summed E-state index contributed by atoms with van der Waals surface area (Å²) in [6.45, 7) is 5.51. The highest BCUT2D eigenvalue weighted by Crippen LogP contribution is 2.20. The van der Waals surface area contributed by atoms with E-state index in [-0.39, 0.29) is 23.7 Å². The van der Waals surface area contributed by atoms with Crippen LogP contribution in [0.1, 0.15) is 65.7 Å². The zero-order chi connectivity index (χ0) is 18.9.